The molecular weight excluding hydrogens is 323 g/mol. The second kappa shape index (κ2) is 9.46. The Balaban J connectivity index is 2.38. The summed E-state index contributed by atoms with van der Waals surface area (Å²) in [4.78, 5) is 11.9. The maximum atomic E-state index is 11.9. The van der Waals surface area contributed by atoms with Crippen LogP contribution in [0, 0.1) is 0 Å². The van der Waals surface area contributed by atoms with Gasteiger partial charge in [0.2, 0.25) is 0 Å². The van der Waals surface area contributed by atoms with Crippen molar-refractivity contribution in [2.75, 3.05) is 19.8 Å². The minimum Gasteiger partial charge on any atom is -0.462 e. The maximum absolute atomic E-state index is 11.9. The fraction of sp³-hybridized carbons (Fsp3) is 0.500. The highest BCUT2D eigenvalue weighted by Gasteiger charge is 2.18. The molecule has 1 aromatic carbocycles. The van der Waals surface area contributed by atoms with Crippen molar-refractivity contribution in [2.24, 2.45) is 0 Å². The minimum absolute atomic E-state index is 0.104. The number of unbranched alkanes of at least 4 members (excludes halogenated alkanes) is 1. The summed E-state index contributed by atoms with van der Waals surface area (Å²) in [5.41, 5.74) is 0.104. The molecule has 0 aliphatic carbocycles. The molecule has 3 nitrogen and oxygen atoms in total. The lowest BCUT2D eigenvalue weighted by molar-refractivity contribution is 0.0444. The number of hydrogen-bond donors (Lipinski definition) is 0. The van der Waals surface area contributed by atoms with Crippen molar-refractivity contribution >= 4 is 40.8 Å². The summed E-state index contributed by atoms with van der Waals surface area (Å²) in [6.45, 7) is 3.65. The quantitative estimate of drug-likeness (QED) is 0.379. The number of ether oxygens (including phenoxy) is 2. The van der Waals surface area contributed by atoms with E-state index in [1.165, 1.54) is 12.1 Å². The van der Waals surface area contributed by atoms with Gasteiger partial charge in [-0.15, -0.1) is 0 Å². The summed E-state index contributed by atoms with van der Waals surface area (Å²) in [6.07, 6.45) is 2.76. The Labute approximate surface area is 134 Å². The number of hydrogen-bond acceptors (Lipinski definition) is 3. The summed E-state index contributed by atoms with van der Waals surface area (Å²) < 4.78 is 10.5. The van der Waals surface area contributed by atoms with Crippen molar-refractivity contribution in [2.45, 2.75) is 26.2 Å². The summed E-state index contributed by atoms with van der Waals surface area (Å²) in [6, 6.07) is 3.05. The summed E-state index contributed by atoms with van der Waals surface area (Å²) in [5, 5.41) is 0.609. The summed E-state index contributed by atoms with van der Waals surface area (Å²) in [5.74, 6) is -0.573. The topological polar surface area (TPSA) is 35.5 Å². The van der Waals surface area contributed by atoms with Gasteiger partial charge in [-0.3, -0.25) is 0 Å². The molecule has 0 saturated carbocycles. The zero-order chi connectivity index (χ0) is 15.0. The fourth-order valence-corrected chi connectivity index (χ4v) is 2.14. The van der Waals surface area contributed by atoms with Crippen LogP contribution < -0.4 is 0 Å². The third kappa shape index (κ3) is 5.49. The van der Waals surface area contributed by atoms with Crippen LogP contribution >= 0.6 is 34.8 Å². The van der Waals surface area contributed by atoms with E-state index in [2.05, 4.69) is 6.92 Å². The highest BCUT2D eigenvalue weighted by molar-refractivity contribution is 6.46. The summed E-state index contributed by atoms with van der Waals surface area (Å²) >= 11 is 17.7. The van der Waals surface area contributed by atoms with Gasteiger partial charge in [0.05, 0.1) is 27.2 Å². The van der Waals surface area contributed by atoms with E-state index < -0.39 is 5.97 Å². The average molecular weight is 340 g/mol. The van der Waals surface area contributed by atoms with E-state index in [-0.39, 0.29) is 27.2 Å². The van der Waals surface area contributed by atoms with Crippen LogP contribution in [0.1, 0.15) is 36.5 Å². The van der Waals surface area contributed by atoms with E-state index in [0.29, 0.717) is 13.0 Å². The molecule has 0 unspecified atom stereocenters. The highest BCUT2D eigenvalue weighted by atomic mass is 35.5. The predicted molar refractivity (Wildman–Crippen MR) is 82.1 cm³/mol. The Kier molecular flexibility index (Phi) is 8.31. The van der Waals surface area contributed by atoms with Crippen LogP contribution in [0.3, 0.4) is 0 Å². The molecule has 6 heteroatoms. The van der Waals surface area contributed by atoms with Crippen LogP contribution in [0.2, 0.25) is 15.1 Å². The second-order valence-corrected chi connectivity index (χ2v) is 5.37. The van der Waals surface area contributed by atoms with E-state index in [0.717, 1.165) is 19.4 Å². The Morgan fingerprint density at radius 1 is 1.05 bits per heavy atom. The molecule has 0 radical (unpaired) electrons. The number of carbonyl (C=O) groups excluding carboxylic acids is 1. The van der Waals surface area contributed by atoms with Crippen molar-refractivity contribution in [3.63, 3.8) is 0 Å². The highest BCUT2D eigenvalue weighted by Crippen LogP contribution is 2.31. The van der Waals surface area contributed by atoms with Gasteiger partial charge in [0.25, 0.3) is 0 Å². The van der Waals surface area contributed by atoms with Crippen molar-refractivity contribution in [1.29, 1.82) is 0 Å². The Morgan fingerprint density at radius 3 is 2.40 bits per heavy atom. The van der Waals surface area contributed by atoms with Gasteiger partial charge in [-0.05, 0) is 18.6 Å². The first kappa shape index (κ1) is 17.6. The normalized spacial score (nSPS) is 10.6. The van der Waals surface area contributed by atoms with Gasteiger partial charge in [0, 0.05) is 19.6 Å². The monoisotopic (exact) mass is 338 g/mol. The van der Waals surface area contributed by atoms with Crippen molar-refractivity contribution < 1.29 is 14.3 Å². The standard InChI is InChI=1S/C14H17Cl3O3/c1-2-3-7-19-8-4-9-20-14(18)12-10(15)5-6-11(16)13(12)17/h5-6H,2-4,7-9H2,1H3. The lowest BCUT2D eigenvalue weighted by atomic mass is 10.2. The molecule has 20 heavy (non-hydrogen) atoms. The fourth-order valence-electron chi connectivity index (χ4n) is 1.46. The average Bonchev–Trinajstić information content (AvgIpc) is 2.42. The molecule has 0 spiro atoms. The predicted octanol–water partition coefficient (Wildman–Crippen LogP) is 5.01. The number of rotatable bonds is 8. The van der Waals surface area contributed by atoms with Crippen LogP contribution in [0.25, 0.3) is 0 Å². The third-order valence-electron chi connectivity index (χ3n) is 2.56. The molecule has 0 aliphatic heterocycles. The van der Waals surface area contributed by atoms with Crippen LogP contribution in [-0.4, -0.2) is 25.8 Å². The smallest absolute Gasteiger partial charge is 0.341 e. The Morgan fingerprint density at radius 2 is 1.70 bits per heavy atom. The number of carbonyl (C=O) groups is 1. The van der Waals surface area contributed by atoms with Gasteiger partial charge in [0.1, 0.15) is 0 Å². The first-order valence-corrected chi connectivity index (χ1v) is 7.59. The van der Waals surface area contributed by atoms with Crippen LogP contribution in [0.4, 0.5) is 0 Å². The molecule has 0 fully saturated rings. The van der Waals surface area contributed by atoms with Crippen LogP contribution in [-0.2, 0) is 9.47 Å². The van der Waals surface area contributed by atoms with Crippen LogP contribution in [0.5, 0.6) is 0 Å². The molecule has 1 rings (SSSR count). The first-order valence-electron chi connectivity index (χ1n) is 6.46. The molecule has 0 aromatic heterocycles. The minimum atomic E-state index is -0.573. The molecule has 0 amide bonds. The molecule has 0 N–H and O–H groups in total. The number of esters is 1. The van der Waals surface area contributed by atoms with Crippen molar-refractivity contribution in [1.82, 2.24) is 0 Å². The maximum Gasteiger partial charge on any atom is 0.341 e. The number of halogens is 3. The van der Waals surface area contributed by atoms with E-state index in [1.54, 1.807) is 0 Å². The van der Waals surface area contributed by atoms with Gasteiger partial charge < -0.3 is 9.47 Å². The summed E-state index contributed by atoms with van der Waals surface area (Å²) in [7, 11) is 0. The van der Waals surface area contributed by atoms with Gasteiger partial charge >= 0.3 is 5.97 Å². The van der Waals surface area contributed by atoms with Crippen LogP contribution in [0.15, 0.2) is 12.1 Å². The van der Waals surface area contributed by atoms with Gasteiger partial charge in [-0.2, -0.15) is 0 Å². The van der Waals surface area contributed by atoms with E-state index >= 15 is 0 Å². The molecule has 0 heterocycles. The second-order valence-electron chi connectivity index (χ2n) is 4.17. The van der Waals surface area contributed by atoms with Gasteiger partial charge in [0.15, 0.2) is 0 Å². The lowest BCUT2D eigenvalue weighted by Gasteiger charge is -2.09. The SMILES string of the molecule is CCCCOCCCOC(=O)c1c(Cl)ccc(Cl)c1Cl. The number of benzene rings is 1. The Bertz CT molecular complexity index is 450. The molecule has 0 bridgehead atoms. The van der Waals surface area contributed by atoms with Crippen molar-refractivity contribution in [3.05, 3.63) is 32.8 Å². The molecule has 0 aliphatic rings. The largest absolute Gasteiger partial charge is 0.462 e. The third-order valence-corrected chi connectivity index (χ3v) is 3.68. The molecule has 0 saturated heterocycles. The van der Waals surface area contributed by atoms with E-state index in [1.807, 2.05) is 0 Å². The molecular formula is C14H17Cl3O3. The molecule has 0 atom stereocenters. The van der Waals surface area contributed by atoms with Crippen molar-refractivity contribution in [3.8, 4) is 0 Å². The van der Waals surface area contributed by atoms with E-state index in [4.69, 9.17) is 44.3 Å². The zero-order valence-electron chi connectivity index (χ0n) is 11.3. The Hall–Kier alpha value is -0.480. The first-order chi connectivity index (χ1) is 9.57. The molecule has 112 valence electrons. The molecule has 1 aromatic rings. The van der Waals surface area contributed by atoms with Gasteiger partial charge in [-0.1, -0.05) is 48.1 Å². The van der Waals surface area contributed by atoms with Gasteiger partial charge in [-0.25, -0.2) is 4.79 Å². The van der Waals surface area contributed by atoms with E-state index in [9.17, 15) is 4.79 Å². The lowest BCUT2D eigenvalue weighted by Crippen LogP contribution is -2.10. The zero-order valence-corrected chi connectivity index (χ0v) is 13.5.